The number of ketones is 1. The van der Waals surface area contributed by atoms with Gasteiger partial charge in [-0.2, -0.15) is 4.72 Å². The number of nitro benzene ring substituents is 1. The molecule has 10 heteroatoms. The van der Waals surface area contributed by atoms with Gasteiger partial charge in [0.25, 0.3) is 5.69 Å². The van der Waals surface area contributed by atoms with E-state index in [1.807, 2.05) is 0 Å². The van der Waals surface area contributed by atoms with Crippen LogP contribution < -0.4 is 10.5 Å². The Kier molecular flexibility index (Phi) is 6.03. The highest BCUT2D eigenvalue weighted by Crippen LogP contribution is 2.63. The maximum Gasteiger partial charge on any atom is 0.289 e. The molecule has 0 saturated heterocycles. The standard InChI is InChI=1S/C25H33N3O6S/c26-23(30)24-13-16-10-17(14-24)19(18(11-16)15-24)12-22(29)25(8-4-1-5-9-25)27-35(33,34)21-7-3-2-6-20(21)28(31)32/h2-3,6-7,16-19,27H,1,4-5,8-15H2,(H2,26,30). The number of hydrogen-bond donors (Lipinski definition) is 2. The molecule has 9 nitrogen and oxygen atoms in total. The Morgan fingerprint density at radius 3 is 2.29 bits per heavy atom. The number of rotatable bonds is 8. The summed E-state index contributed by atoms with van der Waals surface area (Å²) >= 11 is 0. The van der Waals surface area contributed by atoms with Crippen molar-refractivity contribution in [1.82, 2.24) is 4.72 Å². The molecule has 0 spiro atoms. The molecule has 2 unspecified atom stereocenters. The molecule has 1 amide bonds. The molecule has 2 atom stereocenters. The molecule has 1 aromatic carbocycles. The average molecular weight is 504 g/mol. The van der Waals surface area contributed by atoms with E-state index in [1.165, 1.54) is 18.2 Å². The number of para-hydroxylation sites is 1. The van der Waals surface area contributed by atoms with Crippen molar-refractivity contribution in [1.29, 1.82) is 0 Å². The van der Waals surface area contributed by atoms with Gasteiger partial charge < -0.3 is 5.73 Å². The van der Waals surface area contributed by atoms with E-state index in [0.717, 1.165) is 57.4 Å². The van der Waals surface area contributed by atoms with E-state index in [0.29, 0.717) is 18.8 Å². The number of nitro groups is 1. The molecule has 3 N–H and O–H groups in total. The number of amides is 1. The molecule has 190 valence electrons. The van der Waals surface area contributed by atoms with Crippen molar-refractivity contribution in [2.24, 2.45) is 34.8 Å². The molecule has 4 bridgehead atoms. The Bertz CT molecular complexity index is 1140. The fourth-order valence-corrected chi connectivity index (χ4v) is 9.53. The first kappa shape index (κ1) is 24.4. The molecule has 5 saturated carbocycles. The van der Waals surface area contributed by atoms with Crippen LogP contribution in [0.5, 0.6) is 0 Å². The van der Waals surface area contributed by atoms with Gasteiger partial charge in [-0.25, -0.2) is 8.42 Å². The Labute approximate surface area is 205 Å². The van der Waals surface area contributed by atoms with Crippen molar-refractivity contribution in [2.75, 3.05) is 0 Å². The predicted molar refractivity (Wildman–Crippen MR) is 128 cm³/mol. The van der Waals surface area contributed by atoms with Crippen molar-refractivity contribution >= 4 is 27.4 Å². The molecule has 5 aliphatic carbocycles. The lowest BCUT2D eigenvalue weighted by Gasteiger charge is -2.59. The lowest BCUT2D eigenvalue weighted by atomic mass is 9.45. The number of nitrogens with zero attached hydrogens (tertiary/aromatic N) is 1. The second kappa shape index (κ2) is 8.65. The fraction of sp³-hybridized carbons (Fsp3) is 0.680. The van der Waals surface area contributed by atoms with Crippen LogP contribution in [0.4, 0.5) is 5.69 Å². The van der Waals surface area contributed by atoms with E-state index in [-0.39, 0.29) is 35.9 Å². The van der Waals surface area contributed by atoms with Crippen LogP contribution >= 0.6 is 0 Å². The number of hydrogen-bond acceptors (Lipinski definition) is 6. The van der Waals surface area contributed by atoms with Crippen molar-refractivity contribution in [3.63, 3.8) is 0 Å². The van der Waals surface area contributed by atoms with Crippen molar-refractivity contribution < 1.29 is 22.9 Å². The zero-order valence-electron chi connectivity index (χ0n) is 19.8. The number of sulfonamides is 1. The van der Waals surface area contributed by atoms with E-state index in [2.05, 4.69) is 4.72 Å². The monoisotopic (exact) mass is 503 g/mol. The van der Waals surface area contributed by atoms with Gasteiger partial charge in [-0.1, -0.05) is 31.4 Å². The zero-order chi connectivity index (χ0) is 25.0. The van der Waals surface area contributed by atoms with Crippen molar-refractivity contribution in [3.8, 4) is 0 Å². The van der Waals surface area contributed by atoms with Gasteiger partial charge in [-0.15, -0.1) is 0 Å². The van der Waals surface area contributed by atoms with E-state index in [1.54, 1.807) is 0 Å². The summed E-state index contributed by atoms with van der Waals surface area (Å²) in [6.07, 6.45) is 7.71. The molecule has 5 fully saturated rings. The summed E-state index contributed by atoms with van der Waals surface area (Å²) in [6.45, 7) is 0. The molecule has 1 aromatic rings. The number of carbonyl (C=O) groups excluding carboxylic acids is 2. The molecule has 0 aliphatic heterocycles. The van der Waals surface area contributed by atoms with Crippen LogP contribution in [0, 0.1) is 39.2 Å². The second-order valence-corrected chi connectivity index (χ2v) is 13.0. The minimum atomic E-state index is -4.29. The van der Waals surface area contributed by atoms with Crippen molar-refractivity contribution in [3.05, 3.63) is 34.4 Å². The van der Waals surface area contributed by atoms with Crippen LogP contribution in [-0.4, -0.2) is 30.6 Å². The fourth-order valence-electron chi connectivity index (χ4n) is 7.91. The molecular formula is C25H33N3O6S. The first-order chi connectivity index (χ1) is 16.6. The molecule has 35 heavy (non-hydrogen) atoms. The molecule has 0 radical (unpaired) electrons. The van der Waals surface area contributed by atoms with E-state index >= 15 is 0 Å². The SMILES string of the molecule is NC(=O)C12CC3CC(C1)C(CC(=O)C1(NS(=O)(=O)c4ccccc4[N+](=O)[O-])CCCCC1)C(C3)C2. The summed E-state index contributed by atoms with van der Waals surface area (Å²) in [5.74, 6) is 0.774. The number of Topliss-reactive ketones (excluding diaryl/α,β-unsaturated/α-hetero) is 1. The third kappa shape index (κ3) is 4.18. The Balaban J connectivity index is 1.40. The van der Waals surface area contributed by atoms with Crippen LogP contribution in [0.3, 0.4) is 0 Å². The van der Waals surface area contributed by atoms with Gasteiger partial charge in [0.2, 0.25) is 15.9 Å². The maximum atomic E-state index is 13.9. The molecular weight excluding hydrogens is 470 g/mol. The first-order valence-corrected chi connectivity index (χ1v) is 14.1. The van der Waals surface area contributed by atoms with Gasteiger partial charge in [0, 0.05) is 17.9 Å². The second-order valence-electron chi connectivity index (χ2n) is 11.4. The van der Waals surface area contributed by atoms with Gasteiger partial charge >= 0.3 is 0 Å². The summed E-state index contributed by atoms with van der Waals surface area (Å²) in [4.78, 5) is 36.5. The van der Waals surface area contributed by atoms with Gasteiger partial charge in [-0.3, -0.25) is 19.7 Å². The van der Waals surface area contributed by atoms with E-state index in [4.69, 9.17) is 5.73 Å². The normalized spacial score (nSPS) is 33.4. The Morgan fingerprint density at radius 2 is 1.69 bits per heavy atom. The van der Waals surface area contributed by atoms with Gasteiger partial charge in [0.15, 0.2) is 10.7 Å². The third-order valence-corrected chi connectivity index (χ3v) is 10.9. The average Bonchev–Trinajstić information content (AvgIpc) is 2.81. The van der Waals surface area contributed by atoms with Crippen LogP contribution in [0.15, 0.2) is 29.2 Å². The number of benzene rings is 1. The highest BCUT2D eigenvalue weighted by molar-refractivity contribution is 7.89. The van der Waals surface area contributed by atoms with Gasteiger partial charge in [-0.05, 0) is 74.7 Å². The zero-order valence-corrected chi connectivity index (χ0v) is 20.6. The third-order valence-electron chi connectivity index (χ3n) is 9.33. The minimum absolute atomic E-state index is 0.120. The largest absolute Gasteiger partial charge is 0.369 e. The summed E-state index contributed by atoms with van der Waals surface area (Å²) in [5, 5.41) is 11.5. The van der Waals surface area contributed by atoms with Gasteiger partial charge in [0.05, 0.1) is 10.5 Å². The smallest absolute Gasteiger partial charge is 0.289 e. The number of nitrogens with two attached hydrogens (primary N) is 1. The lowest BCUT2D eigenvalue weighted by Crippen LogP contribution is -2.59. The van der Waals surface area contributed by atoms with Crippen molar-refractivity contribution in [2.45, 2.75) is 81.1 Å². The Hall–Kier alpha value is -2.33. The van der Waals surface area contributed by atoms with Gasteiger partial charge in [0.1, 0.15) is 0 Å². The molecule has 0 aromatic heterocycles. The topological polar surface area (TPSA) is 149 Å². The summed E-state index contributed by atoms with van der Waals surface area (Å²) < 4.78 is 29.4. The molecule has 6 rings (SSSR count). The summed E-state index contributed by atoms with van der Waals surface area (Å²) in [5.41, 5.74) is 3.61. The van der Waals surface area contributed by atoms with Crippen LogP contribution in [0.25, 0.3) is 0 Å². The van der Waals surface area contributed by atoms with Crippen LogP contribution in [0.2, 0.25) is 0 Å². The molecule has 5 aliphatic rings. The Morgan fingerprint density at radius 1 is 1.06 bits per heavy atom. The quantitative estimate of drug-likeness (QED) is 0.410. The number of carbonyl (C=O) groups is 2. The lowest BCUT2D eigenvalue weighted by molar-refractivity contribution is -0.387. The highest BCUT2D eigenvalue weighted by atomic mass is 32.2. The maximum absolute atomic E-state index is 13.9. The number of nitrogens with one attached hydrogen (secondary N) is 1. The summed E-state index contributed by atoms with van der Waals surface area (Å²) in [7, 11) is -4.29. The van der Waals surface area contributed by atoms with E-state index in [9.17, 15) is 28.1 Å². The molecule has 0 heterocycles. The highest BCUT2D eigenvalue weighted by Gasteiger charge is 2.58. The first-order valence-electron chi connectivity index (χ1n) is 12.7. The van der Waals surface area contributed by atoms with Crippen LogP contribution in [-0.2, 0) is 19.6 Å². The van der Waals surface area contributed by atoms with Crippen LogP contribution in [0.1, 0.15) is 70.6 Å². The predicted octanol–water partition coefficient (Wildman–Crippen LogP) is 3.46. The van der Waals surface area contributed by atoms with E-state index < -0.39 is 36.5 Å². The number of primary amides is 1. The summed E-state index contributed by atoms with van der Waals surface area (Å²) in [6, 6.07) is 5.24. The minimum Gasteiger partial charge on any atom is -0.369 e.